The molecule has 0 aromatic heterocycles. The van der Waals surface area contributed by atoms with Crippen molar-refractivity contribution in [3.63, 3.8) is 0 Å². The van der Waals surface area contributed by atoms with Crippen LogP contribution in [0.4, 0.5) is 0 Å². The first-order chi connectivity index (χ1) is 4.83. The number of rotatable bonds is 0. The summed E-state index contributed by atoms with van der Waals surface area (Å²) in [5, 5.41) is 3.55. The quantitative estimate of drug-likeness (QED) is 0.540. The fourth-order valence-corrected chi connectivity index (χ4v) is 2.73. The molecule has 0 aromatic rings. The van der Waals surface area contributed by atoms with E-state index in [-0.39, 0.29) is 0 Å². The molecule has 1 saturated heterocycles. The summed E-state index contributed by atoms with van der Waals surface area (Å²) in [5.41, 5.74) is 0.736. The van der Waals surface area contributed by atoms with Gasteiger partial charge in [-0.25, -0.2) is 0 Å². The van der Waals surface area contributed by atoms with Gasteiger partial charge in [-0.1, -0.05) is 12.8 Å². The Balaban J connectivity index is 2.11. The van der Waals surface area contributed by atoms with Crippen molar-refractivity contribution in [1.29, 1.82) is 0 Å². The van der Waals surface area contributed by atoms with Crippen molar-refractivity contribution in [3.8, 4) is 0 Å². The van der Waals surface area contributed by atoms with E-state index >= 15 is 0 Å². The monoisotopic (exact) mass is 139 g/mol. The Kier molecular flexibility index (Phi) is 1.48. The Morgan fingerprint density at radius 2 is 1.90 bits per heavy atom. The zero-order valence-electron chi connectivity index (χ0n) is 6.82. The van der Waals surface area contributed by atoms with Crippen LogP contribution in [0.2, 0.25) is 0 Å². The third-order valence-electron chi connectivity index (χ3n) is 3.59. The van der Waals surface area contributed by atoms with Gasteiger partial charge >= 0.3 is 0 Å². The molecule has 2 fully saturated rings. The van der Waals surface area contributed by atoms with Gasteiger partial charge in [-0.15, -0.1) is 0 Å². The summed E-state index contributed by atoms with van der Waals surface area (Å²) >= 11 is 0. The normalized spacial score (nSPS) is 37.5. The zero-order valence-corrected chi connectivity index (χ0v) is 6.82. The molecule has 0 amide bonds. The molecule has 1 saturated carbocycles. The second kappa shape index (κ2) is 2.23. The van der Waals surface area contributed by atoms with Crippen molar-refractivity contribution in [3.05, 3.63) is 0 Å². The molecule has 0 aromatic carbocycles. The molecule has 58 valence electrons. The lowest BCUT2D eigenvalue weighted by Crippen LogP contribution is -2.31. The Bertz CT molecular complexity index is 119. The minimum absolute atomic E-state index is 0.736. The van der Waals surface area contributed by atoms with Gasteiger partial charge in [0.1, 0.15) is 0 Å². The summed E-state index contributed by atoms with van der Waals surface area (Å²) in [6.45, 7) is 3.62. The summed E-state index contributed by atoms with van der Waals surface area (Å²) in [6.07, 6.45) is 7.37. The van der Waals surface area contributed by atoms with E-state index in [2.05, 4.69) is 12.2 Å². The van der Waals surface area contributed by atoms with E-state index in [1.54, 1.807) is 0 Å². The fourth-order valence-electron chi connectivity index (χ4n) is 2.73. The molecule has 0 bridgehead atoms. The van der Waals surface area contributed by atoms with Gasteiger partial charge in [0.15, 0.2) is 0 Å². The van der Waals surface area contributed by atoms with Crippen molar-refractivity contribution < 1.29 is 0 Å². The van der Waals surface area contributed by atoms with Crippen LogP contribution in [0, 0.1) is 5.41 Å². The predicted molar refractivity (Wildman–Crippen MR) is 43.0 cm³/mol. The topological polar surface area (TPSA) is 12.0 Å². The standard InChI is InChI=1S/C9H17N/c1-8-9(6-7-10-8)4-2-3-5-9/h8,10H,2-7H2,1H3. The Morgan fingerprint density at radius 3 is 2.40 bits per heavy atom. The van der Waals surface area contributed by atoms with Crippen LogP contribution in [0.1, 0.15) is 39.0 Å². The van der Waals surface area contributed by atoms with E-state index < -0.39 is 0 Å². The van der Waals surface area contributed by atoms with Crippen molar-refractivity contribution in [2.24, 2.45) is 5.41 Å². The van der Waals surface area contributed by atoms with Crippen LogP contribution in [0.3, 0.4) is 0 Å². The van der Waals surface area contributed by atoms with Gasteiger partial charge in [0.2, 0.25) is 0 Å². The third kappa shape index (κ3) is 0.800. The van der Waals surface area contributed by atoms with Gasteiger partial charge in [-0.3, -0.25) is 0 Å². The average Bonchev–Trinajstić information content (AvgIpc) is 2.48. The molecule has 1 aliphatic heterocycles. The van der Waals surface area contributed by atoms with Crippen LogP contribution >= 0.6 is 0 Å². The second-order valence-electron chi connectivity index (χ2n) is 4.00. The van der Waals surface area contributed by atoms with Crippen LogP contribution in [0.15, 0.2) is 0 Å². The third-order valence-corrected chi connectivity index (χ3v) is 3.59. The second-order valence-corrected chi connectivity index (χ2v) is 4.00. The van der Waals surface area contributed by atoms with Crippen LogP contribution < -0.4 is 5.32 Å². The van der Waals surface area contributed by atoms with Crippen molar-refractivity contribution in [2.75, 3.05) is 6.54 Å². The number of hydrogen-bond donors (Lipinski definition) is 1. The lowest BCUT2D eigenvalue weighted by molar-refractivity contribution is 0.270. The van der Waals surface area contributed by atoms with Crippen molar-refractivity contribution in [1.82, 2.24) is 5.32 Å². The van der Waals surface area contributed by atoms with Gasteiger partial charge in [0.25, 0.3) is 0 Å². The van der Waals surface area contributed by atoms with E-state index in [9.17, 15) is 0 Å². The molecule has 2 rings (SSSR count). The molecule has 1 heteroatoms. The first kappa shape index (κ1) is 6.66. The minimum Gasteiger partial charge on any atom is -0.314 e. The average molecular weight is 139 g/mol. The van der Waals surface area contributed by atoms with Crippen molar-refractivity contribution >= 4 is 0 Å². The molecule has 1 aliphatic carbocycles. The van der Waals surface area contributed by atoms with Crippen LogP contribution in [-0.2, 0) is 0 Å². The van der Waals surface area contributed by atoms with E-state index in [0.717, 1.165) is 11.5 Å². The Labute approximate surface area is 63.2 Å². The summed E-state index contributed by atoms with van der Waals surface area (Å²) in [4.78, 5) is 0. The SMILES string of the molecule is CC1NCCC12CCCC2. The minimum atomic E-state index is 0.736. The number of hydrogen-bond acceptors (Lipinski definition) is 1. The molecule has 1 spiro atoms. The Hall–Kier alpha value is -0.0400. The lowest BCUT2D eigenvalue weighted by atomic mass is 9.80. The van der Waals surface area contributed by atoms with Gasteiger partial charge in [0, 0.05) is 6.04 Å². The van der Waals surface area contributed by atoms with Gasteiger partial charge in [-0.2, -0.15) is 0 Å². The highest BCUT2D eigenvalue weighted by Gasteiger charge is 2.41. The highest BCUT2D eigenvalue weighted by Crippen LogP contribution is 2.46. The summed E-state index contributed by atoms with van der Waals surface area (Å²) in [5.74, 6) is 0. The molecule has 1 nitrogen and oxygen atoms in total. The fraction of sp³-hybridized carbons (Fsp3) is 1.00. The molecular formula is C9H17N. The molecule has 1 N–H and O–H groups in total. The molecule has 2 aliphatic rings. The largest absolute Gasteiger partial charge is 0.314 e. The van der Waals surface area contributed by atoms with Gasteiger partial charge in [-0.05, 0) is 38.1 Å². The molecule has 1 unspecified atom stereocenters. The molecular weight excluding hydrogens is 122 g/mol. The maximum Gasteiger partial charge on any atom is 0.00956 e. The van der Waals surface area contributed by atoms with Gasteiger partial charge < -0.3 is 5.32 Å². The summed E-state index contributed by atoms with van der Waals surface area (Å²) in [6, 6.07) is 0.801. The molecule has 0 radical (unpaired) electrons. The highest BCUT2D eigenvalue weighted by atomic mass is 15.0. The summed E-state index contributed by atoms with van der Waals surface area (Å²) < 4.78 is 0. The first-order valence-electron chi connectivity index (χ1n) is 4.57. The molecule has 1 heterocycles. The molecule has 1 atom stereocenters. The van der Waals surface area contributed by atoms with Gasteiger partial charge in [0.05, 0.1) is 0 Å². The van der Waals surface area contributed by atoms with Crippen LogP contribution in [-0.4, -0.2) is 12.6 Å². The van der Waals surface area contributed by atoms with Crippen molar-refractivity contribution in [2.45, 2.75) is 45.1 Å². The van der Waals surface area contributed by atoms with E-state index in [1.165, 1.54) is 38.6 Å². The van der Waals surface area contributed by atoms with E-state index in [4.69, 9.17) is 0 Å². The molecule has 10 heavy (non-hydrogen) atoms. The maximum atomic E-state index is 3.55. The smallest absolute Gasteiger partial charge is 0.00956 e. The van der Waals surface area contributed by atoms with Crippen LogP contribution in [0.25, 0.3) is 0 Å². The zero-order chi connectivity index (χ0) is 7.03. The lowest BCUT2D eigenvalue weighted by Gasteiger charge is -2.27. The predicted octanol–water partition coefficient (Wildman–Crippen LogP) is 1.93. The van der Waals surface area contributed by atoms with Crippen LogP contribution in [0.5, 0.6) is 0 Å². The maximum absolute atomic E-state index is 3.55. The van der Waals surface area contributed by atoms with E-state index in [0.29, 0.717) is 0 Å². The summed E-state index contributed by atoms with van der Waals surface area (Å²) in [7, 11) is 0. The van der Waals surface area contributed by atoms with E-state index in [1.807, 2.05) is 0 Å². The Morgan fingerprint density at radius 1 is 1.20 bits per heavy atom. The number of nitrogens with one attached hydrogen (secondary N) is 1. The highest BCUT2D eigenvalue weighted by molar-refractivity contribution is 4.97. The first-order valence-corrected chi connectivity index (χ1v) is 4.57.